The highest BCUT2D eigenvalue weighted by Crippen LogP contribution is 2.24. The van der Waals surface area contributed by atoms with Crippen molar-refractivity contribution < 1.29 is 13.2 Å². The maximum Gasteiger partial charge on any atom is 0.178 e. The lowest BCUT2D eigenvalue weighted by atomic mass is 10.3. The molecular weight excluding hydrogens is 244 g/mol. The predicted molar refractivity (Wildman–Crippen MR) is 67.2 cm³/mol. The second-order valence-electron chi connectivity index (χ2n) is 3.54. The highest BCUT2D eigenvalue weighted by atomic mass is 32.2. The van der Waals surface area contributed by atoms with Gasteiger partial charge in [0.2, 0.25) is 0 Å². The Morgan fingerprint density at radius 1 is 1.31 bits per heavy atom. The fourth-order valence-corrected chi connectivity index (χ4v) is 3.17. The smallest absolute Gasteiger partial charge is 0.178 e. The van der Waals surface area contributed by atoms with Gasteiger partial charge in [0.25, 0.3) is 0 Å². The van der Waals surface area contributed by atoms with Crippen molar-refractivity contribution in [2.24, 2.45) is 0 Å². The number of rotatable bonds is 5. The molecule has 90 valence electrons. The van der Waals surface area contributed by atoms with Crippen LogP contribution in [0.25, 0.3) is 0 Å². The van der Waals surface area contributed by atoms with E-state index in [9.17, 15) is 8.42 Å². The van der Waals surface area contributed by atoms with Crippen LogP contribution in [-0.4, -0.2) is 21.3 Å². The van der Waals surface area contributed by atoms with Gasteiger partial charge in [-0.05, 0) is 24.6 Å². The molecule has 0 heterocycles. The number of methoxy groups -OCH3 is 1. The van der Waals surface area contributed by atoms with E-state index in [4.69, 9.17) is 4.74 Å². The Kier molecular flexibility index (Phi) is 4.68. The van der Waals surface area contributed by atoms with Gasteiger partial charge >= 0.3 is 0 Å². The summed E-state index contributed by atoms with van der Waals surface area (Å²) in [7, 11) is -1.70. The first-order valence-electron chi connectivity index (χ1n) is 5.10. The summed E-state index contributed by atoms with van der Waals surface area (Å²) in [6.45, 7) is 1.96. The fraction of sp³-hybridized carbons (Fsp3) is 0.455. The molecule has 5 heteroatoms. The van der Waals surface area contributed by atoms with Crippen molar-refractivity contribution in [2.45, 2.75) is 29.6 Å². The highest BCUT2D eigenvalue weighted by Gasteiger charge is 2.15. The minimum atomic E-state index is -3.21. The SMILES string of the molecule is CCCCS(=O)(=O)c1cc(S)cc(OC)c1. The highest BCUT2D eigenvalue weighted by molar-refractivity contribution is 7.91. The van der Waals surface area contributed by atoms with Gasteiger partial charge in [-0.1, -0.05) is 13.3 Å². The molecule has 0 aliphatic carbocycles. The van der Waals surface area contributed by atoms with E-state index in [1.165, 1.54) is 13.2 Å². The van der Waals surface area contributed by atoms with Crippen LogP contribution in [-0.2, 0) is 9.84 Å². The Hall–Kier alpha value is -0.680. The molecule has 0 fully saturated rings. The van der Waals surface area contributed by atoms with Crippen molar-refractivity contribution in [3.63, 3.8) is 0 Å². The fourth-order valence-electron chi connectivity index (χ4n) is 1.31. The van der Waals surface area contributed by atoms with Gasteiger partial charge in [-0.15, -0.1) is 12.6 Å². The third-order valence-corrected chi connectivity index (χ3v) is 4.26. The van der Waals surface area contributed by atoms with E-state index in [0.29, 0.717) is 17.1 Å². The Morgan fingerprint density at radius 3 is 2.56 bits per heavy atom. The lowest BCUT2D eigenvalue weighted by Crippen LogP contribution is -2.06. The van der Waals surface area contributed by atoms with Gasteiger partial charge in [0.1, 0.15) is 5.75 Å². The van der Waals surface area contributed by atoms with Crippen LogP contribution in [0.15, 0.2) is 28.0 Å². The van der Waals surface area contributed by atoms with E-state index in [0.717, 1.165) is 6.42 Å². The van der Waals surface area contributed by atoms with Crippen LogP contribution in [0, 0.1) is 0 Å². The van der Waals surface area contributed by atoms with Gasteiger partial charge in [-0.25, -0.2) is 8.42 Å². The first-order chi connectivity index (χ1) is 7.49. The predicted octanol–water partition coefficient (Wildman–Crippen LogP) is 2.56. The minimum Gasteiger partial charge on any atom is -0.497 e. The Labute approximate surface area is 102 Å². The normalized spacial score (nSPS) is 11.4. The van der Waals surface area contributed by atoms with Gasteiger partial charge in [0.15, 0.2) is 9.84 Å². The summed E-state index contributed by atoms with van der Waals surface area (Å²) in [4.78, 5) is 0.875. The van der Waals surface area contributed by atoms with Crippen LogP contribution >= 0.6 is 12.6 Å². The molecule has 0 amide bonds. The maximum absolute atomic E-state index is 11.9. The molecule has 0 bridgehead atoms. The van der Waals surface area contributed by atoms with E-state index in [-0.39, 0.29) is 10.6 Å². The molecule has 0 spiro atoms. The number of hydrogen-bond acceptors (Lipinski definition) is 4. The van der Waals surface area contributed by atoms with Crippen LogP contribution in [0.4, 0.5) is 0 Å². The number of unbranched alkanes of at least 4 members (excludes halogenated alkanes) is 1. The summed E-state index contributed by atoms with van der Waals surface area (Å²) in [5.74, 6) is 0.687. The third kappa shape index (κ3) is 3.42. The van der Waals surface area contributed by atoms with Crippen LogP contribution in [0.2, 0.25) is 0 Å². The van der Waals surface area contributed by atoms with Gasteiger partial charge in [0.05, 0.1) is 17.8 Å². The molecule has 0 N–H and O–H groups in total. The van der Waals surface area contributed by atoms with Crippen LogP contribution in [0.3, 0.4) is 0 Å². The molecule has 3 nitrogen and oxygen atoms in total. The Morgan fingerprint density at radius 2 is 2.00 bits per heavy atom. The third-order valence-electron chi connectivity index (χ3n) is 2.23. The first kappa shape index (κ1) is 13.4. The average molecular weight is 260 g/mol. The van der Waals surface area contributed by atoms with Crippen LogP contribution in [0.1, 0.15) is 19.8 Å². The summed E-state index contributed by atoms with van der Waals surface area (Å²) in [6.07, 6.45) is 1.53. The summed E-state index contributed by atoms with van der Waals surface area (Å²) in [5.41, 5.74) is 0. The second-order valence-corrected chi connectivity index (χ2v) is 6.16. The van der Waals surface area contributed by atoms with Gasteiger partial charge in [0, 0.05) is 4.90 Å². The second kappa shape index (κ2) is 5.59. The Balaban J connectivity index is 3.07. The van der Waals surface area contributed by atoms with Crippen molar-refractivity contribution in [2.75, 3.05) is 12.9 Å². The molecular formula is C11H16O3S2. The van der Waals surface area contributed by atoms with Gasteiger partial charge in [-0.3, -0.25) is 0 Å². The van der Waals surface area contributed by atoms with Crippen molar-refractivity contribution in [1.82, 2.24) is 0 Å². The molecule has 0 saturated carbocycles. The standard InChI is InChI=1S/C11H16O3S2/c1-3-4-5-16(12,13)11-7-9(14-2)6-10(15)8-11/h6-8,15H,3-5H2,1-2H3. The van der Waals surface area contributed by atoms with Crippen molar-refractivity contribution in [3.05, 3.63) is 18.2 Å². The van der Waals surface area contributed by atoms with E-state index in [1.54, 1.807) is 12.1 Å². The first-order valence-corrected chi connectivity index (χ1v) is 7.20. The van der Waals surface area contributed by atoms with Crippen molar-refractivity contribution in [1.29, 1.82) is 0 Å². The van der Waals surface area contributed by atoms with E-state index >= 15 is 0 Å². The summed E-state index contributed by atoms with van der Waals surface area (Å²) in [5, 5.41) is 0. The van der Waals surface area contributed by atoms with Crippen molar-refractivity contribution >= 4 is 22.5 Å². The lowest BCUT2D eigenvalue weighted by molar-refractivity contribution is 0.412. The average Bonchev–Trinajstić information content (AvgIpc) is 2.25. The summed E-state index contributed by atoms with van der Waals surface area (Å²) in [6, 6.07) is 4.77. The molecule has 0 atom stereocenters. The molecule has 0 radical (unpaired) electrons. The van der Waals surface area contributed by atoms with Crippen LogP contribution in [0.5, 0.6) is 5.75 Å². The molecule has 0 aliphatic heterocycles. The van der Waals surface area contributed by atoms with E-state index < -0.39 is 9.84 Å². The zero-order valence-corrected chi connectivity index (χ0v) is 11.1. The van der Waals surface area contributed by atoms with Crippen LogP contribution < -0.4 is 4.74 Å². The number of benzene rings is 1. The summed E-state index contributed by atoms with van der Waals surface area (Å²) >= 11 is 4.16. The lowest BCUT2D eigenvalue weighted by Gasteiger charge is -2.07. The molecule has 0 unspecified atom stereocenters. The zero-order valence-electron chi connectivity index (χ0n) is 9.43. The zero-order chi connectivity index (χ0) is 12.2. The van der Waals surface area contributed by atoms with E-state index in [2.05, 4.69) is 12.6 Å². The Bertz CT molecular complexity index is 452. The minimum absolute atomic E-state index is 0.171. The quantitative estimate of drug-likeness (QED) is 0.827. The molecule has 0 saturated heterocycles. The number of hydrogen-bond donors (Lipinski definition) is 1. The largest absolute Gasteiger partial charge is 0.497 e. The maximum atomic E-state index is 11.9. The summed E-state index contributed by atoms with van der Waals surface area (Å²) < 4.78 is 28.9. The topological polar surface area (TPSA) is 43.4 Å². The molecule has 1 rings (SSSR count). The molecule has 1 aromatic carbocycles. The molecule has 0 aliphatic rings. The van der Waals surface area contributed by atoms with E-state index in [1.807, 2.05) is 6.92 Å². The number of thiol groups is 1. The molecule has 16 heavy (non-hydrogen) atoms. The van der Waals surface area contributed by atoms with Gasteiger partial charge < -0.3 is 4.74 Å². The number of ether oxygens (including phenoxy) is 1. The number of sulfone groups is 1. The van der Waals surface area contributed by atoms with Gasteiger partial charge in [-0.2, -0.15) is 0 Å². The monoisotopic (exact) mass is 260 g/mol. The molecule has 0 aromatic heterocycles. The molecule has 1 aromatic rings. The van der Waals surface area contributed by atoms with Crippen molar-refractivity contribution in [3.8, 4) is 5.75 Å².